The molecular formula is C13H12F3N3. The second-order valence-electron chi connectivity index (χ2n) is 3.97. The van der Waals surface area contributed by atoms with E-state index >= 15 is 0 Å². The van der Waals surface area contributed by atoms with Gasteiger partial charge in [0.25, 0.3) is 0 Å². The molecule has 2 aromatic rings. The quantitative estimate of drug-likeness (QED) is 0.839. The third-order valence-corrected chi connectivity index (χ3v) is 2.56. The van der Waals surface area contributed by atoms with Crippen molar-refractivity contribution < 1.29 is 13.2 Å². The number of benzene rings is 1. The van der Waals surface area contributed by atoms with Gasteiger partial charge in [0.05, 0.1) is 17.8 Å². The number of nitrogen functional groups attached to an aromatic ring is 1. The highest BCUT2D eigenvalue weighted by atomic mass is 19.4. The second kappa shape index (κ2) is 5.17. The van der Waals surface area contributed by atoms with Crippen LogP contribution < -0.4 is 11.1 Å². The van der Waals surface area contributed by atoms with Gasteiger partial charge >= 0.3 is 6.18 Å². The standard InChI is InChI=1S/C13H12F3N3/c14-13(15,16)11-7-9(4-5-12(11)17)19-8-10-3-1-2-6-18-10/h1-7,19H,8,17H2. The topological polar surface area (TPSA) is 50.9 Å². The Morgan fingerprint density at radius 2 is 1.95 bits per heavy atom. The molecule has 0 atom stereocenters. The molecule has 0 radical (unpaired) electrons. The summed E-state index contributed by atoms with van der Waals surface area (Å²) < 4.78 is 38.0. The van der Waals surface area contributed by atoms with Crippen LogP contribution in [-0.2, 0) is 12.7 Å². The minimum Gasteiger partial charge on any atom is -0.398 e. The predicted molar refractivity (Wildman–Crippen MR) is 67.4 cm³/mol. The number of nitrogens with zero attached hydrogens (tertiary/aromatic N) is 1. The zero-order chi connectivity index (χ0) is 13.9. The highest BCUT2D eigenvalue weighted by Crippen LogP contribution is 2.35. The molecule has 3 N–H and O–H groups in total. The molecule has 1 aromatic heterocycles. The van der Waals surface area contributed by atoms with Crippen molar-refractivity contribution in [2.45, 2.75) is 12.7 Å². The number of nitrogens with one attached hydrogen (secondary N) is 1. The monoisotopic (exact) mass is 267 g/mol. The molecule has 0 aliphatic rings. The van der Waals surface area contributed by atoms with Gasteiger partial charge in [-0.15, -0.1) is 0 Å². The lowest BCUT2D eigenvalue weighted by molar-refractivity contribution is -0.136. The zero-order valence-corrected chi connectivity index (χ0v) is 9.91. The van der Waals surface area contributed by atoms with Crippen molar-refractivity contribution in [3.05, 3.63) is 53.9 Å². The summed E-state index contributed by atoms with van der Waals surface area (Å²) in [5, 5.41) is 2.88. The van der Waals surface area contributed by atoms with E-state index in [-0.39, 0.29) is 5.69 Å². The van der Waals surface area contributed by atoms with E-state index in [1.807, 2.05) is 6.07 Å². The second-order valence-corrected chi connectivity index (χ2v) is 3.97. The van der Waals surface area contributed by atoms with Crippen molar-refractivity contribution in [3.8, 4) is 0 Å². The average Bonchev–Trinajstić information content (AvgIpc) is 2.37. The first-order chi connectivity index (χ1) is 8.97. The van der Waals surface area contributed by atoms with Gasteiger partial charge < -0.3 is 11.1 Å². The molecule has 0 fully saturated rings. The Balaban J connectivity index is 2.14. The van der Waals surface area contributed by atoms with Gasteiger partial charge in [-0.1, -0.05) is 6.07 Å². The van der Waals surface area contributed by atoms with E-state index in [1.165, 1.54) is 12.1 Å². The largest absolute Gasteiger partial charge is 0.418 e. The average molecular weight is 267 g/mol. The van der Waals surface area contributed by atoms with Crippen molar-refractivity contribution in [2.24, 2.45) is 0 Å². The van der Waals surface area contributed by atoms with E-state index in [4.69, 9.17) is 5.73 Å². The van der Waals surface area contributed by atoms with Crippen molar-refractivity contribution in [1.29, 1.82) is 0 Å². The maximum absolute atomic E-state index is 12.7. The first-order valence-electron chi connectivity index (χ1n) is 5.57. The molecule has 6 heteroatoms. The summed E-state index contributed by atoms with van der Waals surface area (Å²) in [6.07, 6.45) is -2.83. The van der Waals surface area contributed by atoms with Gasteiger partial charge in [-0.05, 0) is 30.3 Å². The molecule has 3 nitrogen and oxygen atoms in total. The summed E-state index contributed by atoms with van der Waals surface area (Å²) in [5.41, 5.74) is 5.30. The number of hydrogen-bond acceptors (Lipinski definition) is 3. The Bertz CT molecular complexity index is 553. The van der Waals surface area contributed by atoms with Crippen LogP contribution in [0.4, 0.5) is 24.5 Å². The molecule has 0 aliphatic carbocycles. The first kappa shape index (κ1) is 13.2. The minimum atomic E-state index is -4.45. The van der Waals surface area contributed by atoms with Crippen molar-refractivity contribution in [2.75, 3.05) is 11.1 Å². The Morgan fingerprint density at radius 3 is 2.58 bits per heavy atom. The summed E-state index contributed by atoms with van der Waals surface area (Å²) in [5.74, 6) is 0. The van der Waals surface area contributed by atoms with Gasteiger partial charge in [0.15, 0.2) is 0 Å². The highest BCUT2D eigenvalue weighted by molar-refractivity contribution is 5.58. The molecule has 0 saturated heterocycles. The van der Waals surface area contributed by atoms with Gasteiger partial charge in [-0.2, -0.15) is 13.2 Å². The van der Waals surface area contributed by atoms with Crippen molar-refractivity contribution in [1.82, 2.24) is 4.98 Å². The van der Waals surface area contributed by atoms with Crippen LogP contribution in [0.25, 0.3) is 0 Å². The van der Waals surface area contributed by atoms with Crippen LogP contribution in [0, 0.1) is 0 Å². The molecule has 0 aliphatic heterocycles. The fourth-order valence-electron chi connectivity index (χ4n) is 1.61. The van der Waals surface area contributed by atoms with Crippen LogP contribution in [-0.4, -0.2) is 4.98 Å². The number of aromatic nitrogens is 1. The maximum Gasteiger partial charge on any atom is 0.418 e. The summed E-state index contributed by atoms with van der Waals surface area (Å²) in [4.78, 5) is 4.07. The van der Waals surface area contributed by atoms with E-state index in [1.54, 1.807) is 18.3 Å². The van der Waals surface area contributed by atoms with Crippen molar-refractivity contribution >= 4 is 11.4 Å². The Hall–Kier alpha value is -2.24. The molecule has 0 amide bonds. The molecule has 0 spiro atoms. The third kappa shape index (κ3) is 3.37. The van der Waals surface area contributed by atoms with E-state index in [9.17, 15) is 13.2 Å². The van der Waals surface area contributed by atoms with Crippen LogP contribution >= 0.6 is 0 Å². The van der Waals surface area contributed by atoms with E-state index in [0.29, 0.717) is 12.2 Å². The van der Waals surface area contributed by atoms with Gasteiger partial charge in [-0.25, -0.2) is 0 Å². The van der Waals surface area contributed by atoms with Crippen LogP contribution in [0.15, 0.2) is 42.6 Å². The lowest BCUT2D eigenvalue weighted by atomic mass is 10.1. The number of hydrogen-bond donors (Lipinski definition) is 2. The number of halogens is 3. The Morgan fingerprint density at radius 1 is 1.16 bits per heavy atom. The summed E-state index contributed by atoms with van der Waals surface area (Å²) in [6, 6.07) is 9.12. The van der Waals surface area contributed by atoms with Gasteiger partial charge in [0.1, 0.15) is 0 Å². The normalized spacial score (nSPS) is 11.3. The van der Waals surface area contributed by atoms with E-state index in [2.05, 4.69) is 10.3 Å². The fourth-order valence-corrected chi connectivity index (χ4v) is 1.61. The van der Waals surface area contributed by atoms with Crippen LogP contribution in [0.5, 0.6) is 0 Å². The fraction of sp³-hybridized carbons (Fsp3) is 0.154. The van der Waals surface area contributed by atoms with Crippen LogP contribution in [0.2, 0.25) is 0 Å². The minimum absolute atomic E-state index is 0.282. The molecule has 0 bridgehead atoms. The predicted octanol–water partition coefficient (Wildman–Crippen LogP) is 3.29. The third-order valence-electron chi connectivity index (χ3n) is 2.56. The van der Waals surface area contributed by atoms with E-state index in [0.717, 1.165) is 11.8 Å². The number of alkyl halides is 3. The zero-order valence-electron chi connectivity index (χ0n) is 9.91. The summed E-state index contributed by atoms with van der Waals surface area (Å²) in [6.45, 7) is 0.349. The molecule has 0 saturated carbocycles. The molecule has 19 heavy (non-hydrogen) atoms. The molecule has 0 unspecified atom stereocenters. The molecular weight excluding hydrogens is 255 g/mol. The SMILES string of the molecule is Nc1ccc(NCc2ccccn2)cc1C(F)(F)F. The van der Waals surface area contributed by atoms with E-state index < -0.39 is 11.7 Å². The van der Waals surface area contributed by atoms with Crippen LogP contribution in [0.3, 0.4) is 0 Å². The van der Waals surface area contributed by atoms with Gasteiger partial charge in [0, 0.05) is 17.6 Å². The number of rotatable bonds is 3. The summed E-state index contributed by atoms with van der Waals surface area (Å²) in [7, 11) is 0. The molecule has 1 aromatic carbocycles. The number of pyridine rings is 1. The number of nitrogens with two attached hydrogens (primary N) is 1. The highest BCUT2D eigenvalue weighted by Gasteiger charge is 2.33. The summed E-state index contributed by atoms with van der Waals surface area (Å²) >= 11 is 0. The van der Waals surface area contributed by atoms with Crippen LogP contribution in [0.1, 0.15) is 11.3 Å². The first-order valence-corrected chi connectivity index (χ1v) is 5.57. The van der Waals surface area contributed by atoms with Crippen molar-refractivity contribution in [3.63, 3.8) is 0 Å². The smallest absolute Gasteiger partial charge is 0.398 e. The molecule has 1 heterocycles. The lowest BCUT2D eigenvalue weighted by Crippen LogP contribution is -2.10. The molecule has 2 rings (SSSR count). The van der Waals surface area contributed by atoms with Gasteiger partial charge in [0.2, 0.25) is 0 Å². The Kier molecular flexibility index (Phi) is 3.59. The lowest BCUT2D eigenvalue weighted by Gasteiger charge is -2.12. The molecule has 100 valence electrons. The maximum atomic E-state index is 12.7. The number of anilines is 2. The Labute approximate surface area is 108 Å². The van der Waals surface area contributed by atoms with Gasteiger partial charge in [-0.3, -0.25) is 4.98 Å².